The third kappa shape index (κ3) is 2.56. The van der Waals surface area contributed by atoms with Crippen molar-refractivity contribution in [1.82, 2.24) is 19.6 Å². The molecule has 0 N–H and O–H groups in total. The Hall–Kier alpha value is -2.03. The van der Waals surface area contributed by atoms with Crippen molar-refractivity contribution in [3.63, 3.8) is 0 Å². The van der Waals surface area contributed by atoms with Crippen molar-refractivity contribution in [3.8, 4) is 0 Å². The zero-order valence-electron chi connectivity index (χ0n) is 8.36. The molecule has 8 nitrogen and oxygen atoms in total. The summed E-state index contributed by atoms with van der Waals surface area (Å²) in [5.74, 6) is -0.631. The number of carbonyl (C=O) groups excluding carboxylic acids is 1. The minimum Gasteiger partial charge on any atom is -0.358 e. The number of hydrogen-bond donors (Lipinski definition) is 0. The monoisotopic (exact) mass is 299 g/mol. The highest BCUT2D eigenvalue weighted by molar-refractivity contribution is 9.10. The summed E-state index contributed by atoms with van der Waals surface area (Å²) in [4.78, 5) is 21.4. The number of carbonyl (C=O) groups is 1. The van der Waals surface area contributed by atoms with Crippen LogP contribution in [0.1, 0.15) is 4.79 Å². The molecule has 0 amide bonds. The number of rotatable bonds is 3. The van der Waals surface area contributed by atoms with E-state index in [9.17, 15) is 14.9 Å². The van der Waals surface area contributed by atoms with Crippen LogP contribution in [0.5, 0.6) is 0 Å². The normalized spacial score (nSPS) is 10.4. The highest BCUT2D eigenvalue weighted by atomic mass is 79.9. The summed E-state index contributed by atoms with van der Waals surface area (Å²) in [7, 11) is 0. The van der Waals surface area contributed by atoms with Crippen molar-refractivity contribution < 1.29 is 9.72 Å². The smallest absolute Gasteiger partial charge is 0.358 e. The molecule has 0 fully saturated rings. The van der Waals surface area contributed by atoms with Crippen LogP contribution in [-0.4, -0.2) is 30.4 Å². The first-order valence-corrected chi connectivity index (χ1v) is 5.27. The SMILES string of the molecule is O=C(Cn1ccc([N+](=O)[O-])n1)n1cc(Br)cn1. The van der Waals surface area contributed by atoms with E-state index in [4.69, 9.17) is 0 Å². The van der Waals surface area contributed by atoms with Crippen molar-refractivity contribution in [2.45, 2.75) is 6.54 Å². The van der Waals surface area contributed by atoms with E-state index in [0.717, 1.165) is 4.68 Å². The number of hydrogen-bond acceptors (Lipinski definition) is 5. The lowest BCUT2D eigenvalue weighted by atomic mass is 10.6. The lowest BCUT2D eigenvalue weighted by molar-refractivity contribution is -0.389. The van der Waals surface area contributed by atoms with Crippen LogP contribution in [-0.2, 0) is 6.54 Å². The summed E-state index contributed by atoms with van der Waals surface area (Å²) in [5, 5.41) is 17.8. The number of aromatic nitrogens is 4. The molecule has 0 bridgehead atoms. The highest BCUT2D eigenvalue weighted by Gasteiger charge is 2.14. The maximum atomic E-state index is 11.7. The minimum atomic E-state index is -0.620. The van der Waals surface area contributed by atoms with Crippen molar-refractivity contribution in [3.05, 3.63) is 39.2 Å². The first-order chi connectivity index (χ1) is 8.06. The van der Waals surface area contributed by atoms with Crippen molar-refractivity contribution in [2.75, 3.05) is 0 Å². The second-order valence-electron chi connectivity index (χ2n) is 3.13. The standard InChI is InChI=1S/C8H6BrN5O3/c9-6-3-10-13(4-6)8(15)5-12-2-1-7(11-12)14(16)17/h1-4H,5H2. The van der Waals surface area contributed by atoms with Crippen LogP contribution in [0.25, 0.3) is 0 Å². The van der Waals surface area contributed by atoms with E-state index in [1.54, 1.807) is 0 Å². The molecular formula is C8H6BrN5O3. The van der Waals surface area contributed by atoms with Crippen LogP contribution in [0.4, 0.5) is 5.82 Å². The quantitative estimate of drug-likeness (QED) is 0.624. The number of nitrogens with zero attached hydrogens (tertiary/aromatic N) is 5. The van der Waals surface area contributed by atoms with Gasteiger partial charge in [0.2, 0.25) is 0 Å². The van der Waals surface area contributed by atoms with Crippen LogP contribution in [0.2, 0.25) is 0 Å². The van der Waals surface area contributed by atoms with Gasteiger partial charge in [-0.15, -0.1) is 0 Å². The van der Waals surface area contributed by atoms with Crippen molar-refractivity contribution in [2.24, 2.45) is 0 Å². The molecule has 2 aromatic rings. The molecule has 17 heavy (non-hydrogen) atoms. The molecule has 0 unspecified atom stereocenters. The Labute approximate surface area is 103 Å². The average Bonchev–Trinajstić information content (AvgIpc) is 2.86. The number of halogens is 1. The molecule has 9 heteroatoms. The van der Waals surface area contributed by atoms with Gasteiger partial charge in [0.25, 0.3) is 5.91 Å². The van der Waals surface area contributed by atoms with Crippen molar-refractivity contribution in [1.29, 1.82) is 0 Å². The van der Waals surface area contributed by atoms with Gasteiger partial charge in [-0.3, -0.25) is 4.79 Å². The van der Waals surface area contributed by atoms with Gasteiger partial charge in [0.15, 0.2) is 0 Å². The van der Waals surface area contributed by atoms with E-state index >= 15 is 0 Å². The van der Waals surface area contributed by atoms with E-state index in [2.05, 4.69) is 26.1 Å². The Balaban J connectivity index is 2.10. The molecule has 88 valence electrons. The van der Waals surface area contributed by atoms with E-state index in [1.165, 1.54) is 29.3 Å². The second-order valence-corrected chi connectivity index (χ2v) is 4.04. The molecule has 2 aromatic heterocycles. The molecule has 0 saturated carbocycles. The van der Waals surface area contributed by atoms with Gasteiger partial charge < -0.3 is 10.1 Å². The maximum absolute atomic E-state index is 11.7. The predicted molar refractivity (Wildman–Crippen MR) is 59.4 cm³/mol. The molecule has 0 aromatic carbocycles. The molecule has 0 aliphatic carbocycles. The summed E-state index contributed by atoms with van der Waals surface area (Å²) < 4.78 is 3.01. The molecule has 0 saturated heterocycles. The van der Waals surface area contributed by atoms with E-state index in [-0.39, 0.29) is 18.3 Å². The largest absolute Gasteiger partial charge is 0.389 e. The summed E-state index contributed by atoms with van der Waals surface area (Å²) in [6.07, 6.45) is 4.35. The fourth-order valence-electron chi connectivity index (χ4n) is 1.18. The van der Waals surface area contributed by atoms with Gasteiger partial charge in [0, 0.05) is 6.20 Å². The first-order valence-electron chi connectivity index (χ1n) is 4.47. The van der Waals surface area contributed by atoms with E-state index < -0.39 is 4.92 Å². The average molecular weight is 300 g/mol. The zero-order chi connectivity index (χ0) is 12.4. The first kappa shape index (κ1) is 11.5. The van der Waals surface area contributed by atoms with Gasteiger partial charge in [-0.2, -0.15) is 9.78 Å². The zero-order valence-corrected chi connectivity index (χ0v) is 9.94. The third-order valence-electron chi connectivity index (χ3n) is 1.92. The van der Waals surface area contributed by atoms with Gasteiger partial charge in [0.05, 0.1) is 28.0 Å². The topological polar surface area (TPSA) is 95.9 Å². The van der Waals surface area contributed by atoms with Crippen LogP contribution < -0.4 is 0 Å². The van der Waals surface area contributed by atoms with Gasteiger partial charge in [-0.05, 0) is 20.9 Å². The van der Waals surface area contributed by atoms with Crippen molar-refractivity contribution >= 4 is 27.7 Å². The Morgan fingerprint density at radius 3 is 2.88 bits per heavy atom. The van der Waals surface area contributed by atoms with Crippen LogP contribution >= 0.6 is 15.9 Å². The Bertz CT molecular complexity index is 575. The molecule has 2 rings (SSSR count). The van der Waals surface area contributed by atoms with Gasteiger partial charge >= 0.3 is 5.82 Å². The predicted octanol–water partition coefficient (Wildman–Crippen LogP) is 1.09. The van der Waals surface area contributed by atoms with Crippen LogP contribution in [0, 0.1) is 10.1 Å². The minimum absolute atomic E-state index is 0.109. The third-order valence-corrected chi connectivity index (χ3v) is 2.33. The molecule has 0 aliphatic rings. The molecular weight excluding hydrogens is 294 g/mol. The van der Waals surface area contributed by atoms with Crippen LogP contribution in [0.3, 0.4) is 0 Å². The van der Waals surface area contributed by atoms with E-state index in [0.29, 0.717) is 4.47 Å². The maximum Gasteiger partial charge on any atom is 0.389 e. The summed E-state index contributed by atoms with van der Waals surface area (Å²) in [5.41, 5.74) is 0. The fourth-order valence-corrected chi connectivity index (χ4v) is 1.47. The summed E-state index contributed by atoms with van der Waals surface area (Å²) in [6.45, 7) is -0.109. The van der Waals surface area contributed by atoms with Gasteiger partial charge in [-0.25, -0.2) is 4.68 Å². The lowest BCUT2D eigenvalue weighted by Crippen LogP contribution is -2.18. The van der Waals surface area contributed by atoms with Gasteiger partial charge in [-0.1, -0.05) is 0 Å². The molecule has 0 aliphatic heterocycles. The molecule has 0 spiro atoms. The van der Waals surface area contributed by atoms with Crippen LogP contribution in [0.15, 0.2) is 29.1 Å². The summed E-state index contributed by atoms with van der Waals surface area (Å²) >= 11 is 3.16. The fraction of sp³-hybridized carbons (Fsp3) is 0.125. The molecule has 2 heterocycles. The Morgan fingerprint density at radius 2 is 2.35 bits per heavy atom. The van der Waals surface area contributed by atoms with E-state index in [1.807, 2.05) is 0 Å². The van der Waals surface area contributed by atoms with Gasteiger partial charge in [0.1, 0.15) is 6.54 Å². The number of nitro groups is 1. The Kier molecular flexibility index (Phi) is 3.00. The highest BCUT2D eigenvalue weighted by Crippen LogP contribution is 2.08. The second kappa shape index (κ2) is 4.45. The molecule has 0 radical (unpaired) electrons. The lowest BCUT2D eigenvalue weighted by Gasteiger charge is -1.96. The Morgan fingerprint density at radius 1 is 1.59 bits per heavy atom. The summed E-state index contributed by atoms with van der Waals surface area (Å²) in [6, 6.07) is 1.23. The molecule has 0 atom stereocenters.